The second-order valence-electron chi connectivity index (χ2n) is 5.63. The summed E-state index contributed by atoms with van der Waals surface area (Å²) in [5.41, 5.74) is 3.81. The molecule has 0 unspecified atom stereocenters. The lowest BCUT2D eigenvalue weighted by Crippen LogP contribution is -2.11. The number of fused-ring (bicyclic) bond motifs is 3. The van der Waals surface area contributed by atoms with Crippen molar-refractivity contribution in [1.82, 2.24) is 4.57 Å². The number of carbonyl (C=O) groups excluding carboxylic acids is 1. The van der Waals surface area contributed by atoms with Crippen molar-refractivity contribution in [2.75, 3.05) is 5.32 Å². The quantitative estimate of drug-likeness (QED) is 0.577. The Balaban J connectivity index is 1.77. The van der Waals surface area contributed by atoms with E-state index in [-0.39, 0.29) is 5.91 Å². The van der Waals surface area contributed by atoms with Crippen LogP contribution in [0.25, 0.3) is 21.8 Å². The molecule has 0 saturated heterocycles. The van der Waals surface area contributed by atoms with Gasteiger partial charge in [-0.3, -0.25) is 4.79 Å². The number of amides is 1. The molecule has 23 heavy (non-hydrogen) atoms. The first-order valence-electron chi connectivity index (χ1n) is 7.57. The van der Waals surface area contributed by atoms with E-state index in [0.717, 1.165) is 16.6 Å². The van der Waals surface area contributed by atoms with E-state index in [1.807, 2.05) is 54.6 Å². The van der Waals surface area contributed by atoms with Crippen LogP contribution in [0.4, 0.5) is 5.69 Å². The van der Waals surface area contributed by atoms with Gasteiger partial charge in [-0.2, -0.15) is 0 Å². The molecule has 1 heterocycles. The zero-order valence-electron chi connectivity index (χ0n) is 12.8. The van der Waals surface area contributed by atoms with Crippen molar-refractivity contribution in [3.63, 3.8) is 0 Å². The highest BCUT2D eigenvalue weighted by Gasteiger charge is 2.10. The minimum absolute atomic E-state index is 0.0924. The van der Waals surface area contributed by atoms with Crippen LogP contribution in [0, 0.1) is 0 Å². The molecule has 0 spiro atoms. The number of nitrogens with zero attached hydrogens (tertiary/aromatic N) is 1. The Kier molecular flexibility index (Phi) is 3.12. The summed E-state index contributed by atoms with van der Waals surface area (Å²) in [4.78, 5) is 12.3. The highest BCUT2D eigenvalue weighted by Crippen LogP contribution is 2.30. The lowest BCUT2D eigenvalue weighted by molar-refractivity contribution is 0.102. The number of benzene rings is 3. The number of anilines is 1. The lowest BCUT2D eigenvalue weighted by atomic mass is 10.1. The van der Waals surface area contributed by atoms with Crippen molar-refractivity contribution < 1.29 is 4.79 Å². The second kappa shape index (κ2) is 5.29. The van der Waals surface area contributed by atoms with Crippen LogP contribution in [0.2, 0.25) is 0 Å². The highest BCUT2D eigenvalue weighted by molar-refractivity contribution is 6.11. The molecule has 4 aromatic rings. The molecular formula is C20H16N2O. The lowest BCUT2D eigenvalue weighted by Gasteiger charge is -2.06. The van der Waals surface area contributed by atoms with Crippen molar-refractivity contribution in [2.24, 2.45) is 7.05 Å². The minimum atomic E-state index is -0.0924. The van der Waals surface area contributed by atoms with Gasteiger partial charge in [0.25, 0.3) is 5.91 Å². The van der Waals surface area contributed by atoms with Gasteiger partial charge in [-0.25, -0.2) is 0 Å². The summed E-state index contributed by atoms with van der Waals surface area (Å²) in [5, 5.41) is 5.32. The monoisotopic (exact) mass is 300 g/mol. The van der Waals surface area contributed by atoms with Crippen molar-refractivity contribution >= 4 is 33.4 Å². The van der Waals surface area contributed by atoms with Crippen molar-refractivity contribution in [3.05, 3.63) is 78.4 Å². The molecule has 0 saturated carbocycles. The van der Waals surface area contributed by atoms with Crippen LogP contribution in [-0.2, 0) is 7.05 Å². The molecular weight excluding hydrogens is 284 g/mol. The summed E-state index contributed by atoms with van der Waals surface area (Å²) >= 11 is 0. The highest BCUT2D eigenvalue weighted by atomic mass is 16.1. The zero-order chi connectivity index (χ0) is 15.8. The Labute approximate surface area is 134 Å². The molecule has 4 rings (SSSR count). The molecule has 1 aromatic heterocycles. The molecule has 3 aromatic carbocycles. The van der Waals surface area contributed by atoms with Crippen LogP contribution in [0.1, 0.15) is 10.4 Å². The third kappa shape index (κ3) is 2.27. The average Bonchev–Trinajstić information content (AvgIpc) is 2.89. The fourth-order valence-corrected chi connectivity index (χ4v) is 3.04. The fourth-order valence-electron chi connectivity index (χ4n) is 3.04. The largest absolute Gasteiger partial charge is 0.344 e. The van der Waals surface area contributed by atoms with Gasteiger partial charge < -0.3 is 9.88 Å². The van der Waals surface area contributed by atoms with E-state index in [1.165, 1.54) is 10.9 Å². The maximum Gasteiger partial charge on any atom is 0.255 e. The number of aryl methyl sites for hydroxylation is 1. The molecule has 3 nitrogen and oxygen atoms in total. The second-order valence-corrected chi connectivity index (χ2v) is 5.63. The van der Waals surface area contributed by atoms with E-state index < -0.39 is 0 Å². The third-order valence-corrected chi connectivity index (χ3v) is 4.21. The van der Waals surface area contributed by atoms with Crippen LogP contribution in [-0.4, -0.2) is 10.5 Å². The molecule has 0 fully saturated rings. The zero-order valence-corrected chi connectivity index (χ0v) is 12.8. The Hall–Kier alpha value is -3.07. The molecule has 1 N–H and O–H groups in total. The summed E-state index contributed by atoms with van der Waals surface area (Å²) in [5.74, 6) is -0.0924. The SMILES string of the molecule is Cn1c2ccccc2c2cc(NC(=O)c3ccccc3)ccc21. The molecule has 0 aliphatic rings. The Bertz CT molecular complexity index is 1020. The van der Waals surface area contributed by atoms with Crippen LogP contribution >= 0.6 is 0 Å². The van der Waals surface area contributed by atoms with Crippen LogP contribution in [0.5, 0.6) is 0 Å². The van der Waals surface area contributed by atoms with Crippen LogP contribution in [0.15, 0.2) is 72.8 Å². The maximum absolute atomic E-state index is 12.3. The molecule has 0 aliphatic heterocycles. The Morgan fingerprint density at radius 3 is 2.35 bits per heavy atom. The number of carbonyl (C=O) groups is 1. The molecule has 0 aliphatic carbocycles. The van der Waals surface area contributed by atoms with Gasteiger partial charge in [0.15, 0.2) is 0 Å². The summed E-state index contributed by atoms with van der Waals surface area (Å²) in [6, 6.07) is 23.6. The predicted octanol–water partition coefficient (Wildman–Crippen LogP) is 4.58. The van der Waals surface area contributed by atoms with Gasteiger partial charge in [0.1, 0.15) is 0 Å². The van der Waals surface area contributed by atoms with Crippen molar-refractivity contribution in [2.45, 2.75) is 0 Å². The van der Waals surface area contributed by atoms with E-state index >= 15 is 0 Å². The van der Waals surface area contributed by atoms with Crippen LogP contribution < -0.4 is 5.32 Å². The van der Waals surface area contributed by atoms with Gasteiger partial charge in [-0.15, -0.1) is 0 Å². The van der Waals surface area contributed by atoms with Gasteiger partial charge in [-0.1, -0.05) is 36.4 Å². The Morgan fingerprint density at radius 2 is 1.52 bits per heavy atom. The molecule has 0 bridgehead atoms. The predicted molar refractivity (Wildman–Crippen MR) is 94.8 cm³/mol. The first-order valence-corrected chi connectivity index (χ1v) is 7.57. The van der Waals surface area contributed by atoms with Crippen LogP contribution in [0.3, 0.4) is 0 Å². The number of aromatic nitrogens is 1. The smallest absolute Gasteiger partial charge is 0.255 e. The van der Waals surface area contributed by atoms with E-state index in [2.05, 4.69) is 35.1 Å². The van der Waals surface area contributed by atoms with Gasteiger partial charge in [0.2, 0.25) is 0 Å². The number of hydrogen-bond donors (Lipinski definition) is 1. The van der Waals surface area contributed by atoms with Crippen molar-refractivity contribution in [3.8, 4) is 0 Å². The van der Waals surface area contributed by atoms with Gasteiger partial charge in [0.05, 0.1) is 0 Å². The molecule has 0 atom stereocenters. The van der Waals surface area contributed by atoms with Gasteiger partial charge >= 0.3 is 0 Å². The van der Waals surface area contributed by atoms with Gasteiger partial charge in [-0.05, 0) is 36.4 Å². The van der Waals surface area contributed by atoms with Gasteiger partial charge in [0, 0.05) is 40.1 Å². The standard InChI is InChI=1S/C20H16N2O/c1-22-18-10-6-5-9-16(18)17-13-15(11-12-19(17)22)21-20(23)14-7-3-2-4-8-14/h2-13H,1H3,(H,21,23). The first kappa shape index (κ1) is 13.6. The molecule has 3 heteroatoms. The summed E-state index contributed by atoms with van der Waals surface area (Å²) in [7, 11) is 2.06. The third-order valence-electron chi connectivity index (χ3n) is 4.21. The average molecular weight is 300 g/mol. The summed E-state index contributed by atoms with van der Waals surface area (Å²) in [6.07, 6.45) is 0. The fraction of sp³-hybridized carbons (Fsp3) is 0.0500. The van der Waals surface area contributed by atoms with E-state index in [4.69, 9.17) is 0 Å². The molecule has 112 valence electrons. The van der Waals surface area contributed by atoms with E-state index in [1.54, 1.807) is 0 Å². The van der Waals surface area contributed by atoms with E-state index in [0.29, 0.717) is 5.56 Å². The number of para-hydroxylation sites is 1. The maximum atomic E-state index is 12.3. The summed E-state index contributed by atoms with van der Waals surface area (Å²) < 4.78 is 2.17. The number of hydrogen-bond acceptors (Lipinski definition) is 1. The first-order chi connectivity index (χ1) is 11.2. The van der Waals surface area contributed by atoms with E-state index in [9.17, 15) is 4.79 Å². The number of rotatable bonds is 2. The topological polar surface area (TPSA) is 34.0 Å². The molecule has 1 amide bonds. The summed E-state index contributed by atoms with van der Waals surface area (Å²) in [6.45, 7) is 0. The van der Waals surface area contributed by atoms with Crippen molar-refractivity contribution in [1.29, 1.82) is 0 Å². The Morgan fingerprint density at radius 1 is 0.826 bits per heavy atom. The number of nitrogens with one attached hydrogen (secondary N) is 1. The normalized spacial score (nSPS) is 11.0. The minimum Gasteiger partial charge on any atom is -0.344 e. The molecule has 0 radical (unpaired) electrons.